The van der Waals surface area contributed by atoms with Gasteiger partial charge in [0.1, 0.15) is 6.33 Å². The molecule has 6 heteroatoms. The molecule has 2 aromatic carbocycles. The molecule has 0 bridgehead atoms. The van der Waals surface area contributed by atoms with Gasteiger partial charge in [0.2, 0.25) is 0 Å². The molecule has 0 radical (unpaired) electrons. The predicted octanol–water partition coefficient (Wildman–Crippen LogP) is 4.18. The van der Waals surface area contributed by atoms with Crippen molar-refractivity contribution in [2.45, 2.75) is 26.2 Å². The van der Waals surface area contributed by atoms with Crippen molar-refractivity contribution in [3.63, 3.8) is 0 Å². The van der Waals surface area contributed by atoms with Crippen molar-refractivity contribution in [1.82, 2.24) is 19.2 Å². The summed E-state index contributed by atoms with van der Waals surface area (Å²) in [6, 6.07) is 19.2. The van der Waals surface area contributed by atoms with Gasteiger partial charge in [-0.05, 0) is 49.4 Å². The maximum atomic E-state index is 5.66. The number of hydrogen-bond donors (Lipinski definition) is 0. The van der Waals surface area contributed by atoms with E-state index >= 15 is 0 Å². The van der Waals surface area contributed by atoms with Crippen LogP contribution in [0, 0.1) is 4.77 Å². The quantitative estimate of drug-likeness (QED) is 0.574. The highest BCUT2D eigenvalue weighted by Crippen LogP contribution is 2.18. The predicted molar refractivity (Wildman–Crippen MR) is 114 cm³/mol. The minimum Gasteiger partial charge on any atom is -0.378 e. The number of anilines is 1. The van der Waals surface area contributed by atoms with Crippen molar-refractivity contribution in [3.05, 3.63) is 76.8 Å². The Kier molecular flexibility index (Phi) is 6.08. The van der Waals surface area contributed by atoms with Gasteiger partial charge in [-0.15, -0.1) is 0 Å². The third-order valence-corrected chi connectivity index (χ3v) is 5.16. The molecule has 5 nitrogen and oxygen atoms in total. The van der Waals surface area contributed by atoms with Gasteiger partial charge in [0.25, 0.3) is 0 Å². The van der Waals surface area contributed by atoms with Crippen molar-refractivity contribution in [1.29, 1.82) is 0 Å². The average molecular weight is 382 g/mol. The Morgan fingerprint density at radius 3 is 2.30 bits per heavy atom. The van der Waals surface area contributed by atoms with Crippen LogP contribution < -0.4 is 4.90 Å². The number of benzene rings is 2. The minimum atomic E-state index is 0.163. The fourth-order valence-corrected chi connectivity index (χ4v) is 3.40. The monoisotopic (exact) mass is 381 g/mol. The van der Waals surface area contributed by atoms with E-state index < -0.39 is 0 Å². The number of aromatic nitrogens is 3. The first-order valence-electron chi connectivity index (χ1n) is 9.09. The maximum absolute atomic E-state index is 5.66. The van der Waals surface area contributed by atoms with Crippen molar-refractivity contribution in [2.75, 3.05) is 26.0 Å². The molecule has 27 heavy (non-hydrogen) atoms. The van der Waals surface area contributed by atoms with Crippen LogP contribution in [0.4, 0.5) is 5.69 Å². The molecule has 142 valence electrons. The first kappa shape index (κ1) is 19.3. The van der Waals surface area contributed by atoms with E-state index in [4.69, 9.17) is 12.2 Å². The fraction of sp³-hybridized carbons (Fsp3) is 0.333. The van der Waals surface area contributed by atoms with Crippen LogP contribution in [0.15, 0.2) is 60.9 Å². The molecule has 1 heterocycles. The van der Waals surface area contributed by atoms with E-state index in [0.717, 1.165) is 11.3 Å². The summed E-state index contributed by atoms with van der Waals surface area (Å²) < 4.78 is 4.66. The molecule has 0 N–H and O–H groups in total. The van der Waals surface area contributed by atoms with Gasteiger partial charge in [-0.25, -0.2) is 4.68 Å². The standard InChI is InChI=1S/C21H27N5S/c1-17(19-8-6-5-7-9-19)25-15-22-26(21(25)27)16-24(4)14-18-10-12-20(13-11-18)23(2)3/h5-13,15,17H,14,16H2,1-4H3/t17-/m1/s1. The highest BCUT2D eigenvalue weighted by Gasteiger charge is 2.12. The largest absolute Gasteiger partial charge is 0.378 e. The van der Waals surface area contributed by atoms with E-state index in [1.807, 2.05) is 21.6 Å². The molecule has 0 fully saturated rings. The van der Waals surface area contributed by atoms with Crippen molar-refractivity contribution in [2.24, 2.45) is 0 Å². The molecule has 0 unspecified atom stereocenters. The van der Waals surface area contributed by atoms with Gasteiger partial charge in [-0.3, -0.25) is 9.47 Å². The Labute approximate surface area is 166 Å². The molecular weight excluding hydrogens is 354 g/mol. The van der Waals surface area contributed by atoms with Crippen LogP contribution >= 0.6 is 12.2 Å². The second-order valence-corrected chi connectivity index (χ2v) is 7.49. The van der Waals surface area contributed by atoms with Crippen molar-refractivity contribution in [3.8, 4) is 0 Å². The molecule has 3 aromatic rings. The molecule has 0 saturated heterocycles. The van der Waals surface area contributed by atoms with Gasteiger partial charge >= 0.3 is 0 Å². The molecule has 0 amide bonds. The number of hydrogen-bond acceptors (Lipinski definition) is 4. The Balaban J connectivity index is 1.67. The van der Waals surface area contributed by atoms with Crippen LogP contribution in [0.1, 0.15) is 24.1 Å². The second kappa shape index (κ2) is 8.50. The van der Waals surface area contributed by atoms with Gasteiger partial charge in [-0.2, -0.15) is 5.10 Å². The average Bonchev–Trinajstić information content (AvgIpc) is 3.02. The van der Waals surface area contributed by atoms with Gasteiger partial charge in [0.05, 0.1) is 12.7 Å². The molecule has 1 aromatic heterocycles. The topological polar surface area (TPSA) is 29.2 Å². The molecule has 3 rings (SSSR count). The van der Waals surface area contributed by atoms with Crippen LogP contribution in [0.5, 0.6) is 0 Å². The summed E-state index contributed by atoms with van der Waals surface area (Å²) >= 11 is 5.66. The van der Waals surface area contributed by atoms with Gasteiger partial charge < -0.3 is 4.90 Å². The molecule has 0 aliphatic carbocycles. The van der Waals surface area contributed by atoms with Crippen LogP contribution in [-0.4, -0.2) is 40.4 Å². The van der Waals surface area contributed by atoms with Crippen LogP contribution in [0.25, 0.3) is 0 Å². The Morgan fingerprint density at radius 1 is 1.00 bits per heavy atom. The van der Waals surface area contributed by atoms with Crippen LogP contribution in [0.2, 0.25) is 0 Å². The second-order valence-electron chi connectivity index (χ2n) is 7.12. The zero-order chi connectivity index (χ0) is 19.4. The number of rotatable bonds is 7. The minimum absolute atomic E-state index is 0.163. The molecular formula is C21H27N5S. The van der Waals surface area contributed by atoms with E-state index in [1.54, 1.807) is 0 Å². The van der Waals surface area contributed by atoms with E-state index in [2.05, 4.69) is 91.5 Å². The zero-order valence-electron chi connectivity index (χ0n) is 16.4. The van der Waals surface area contributed by atoms with E-state index in [0.29, 0.717) is 6.67 Å². The van der Waals surface area contributed by atoms with E-state index in [1.165, 1.54) is 16.8 Å². The van der Waals surface area contributed by atoms with E-state index in [9.17, 15) is 0 Å². The molecule has 0 saturated carbocycles. The Bertz CT molecular complexity index is 912. The molecule has 0 aliphatic heterocycles. The maximum Gasteiger partial charge on any atom is 0.199 e. The summed E-state index contributed by atoms with van der Waals surface area (Å²) in [6.07, 6.45) is 1.83. The summed E-state index contributed by atoms with van der Waals surface area (Å²) in [5.41, 5.74) is 3.70. The third-order valence-electron chi connectivity index (χ3n) is 4.74. The number of nitrogens with zero attached hydrogens (tertiary/aromatic N) is 5. The summed E-state index contributed by atoms with van der Waals surface area (Å²) in [7, 11) is 6.19. The summed E-state index contributed by atoms with van der Waals surface area (Å²) in [5, 5.41) is 4.51. The van der Waals surface area contributed by atoms with Gasteiger partial charge in [0, 0.05) is 26.3 Å². The Hall–Kier alpha value is -2.44. The molecule has 0 spiro atoms. The lowest BCUT2D eigenvalue weighted by atomic mass is 10.1. The van der Waals surface area contributed by atoms with Crippen molar-refractivity contribution >= 4 is 17.9 Å². The lowest BCUT2D eigenvalue weighted by Gasteiger charge is -2.18. The smallest absolute Gasteiger partial charge is 0.199 e. The first-order valence-corrected chi connectivity index (χ1v) is 9.50. The third kappa shape index (κ3) is 4.64. The molecule has 0 aliphatic rings. The van der Waals surface area contributed by atoms with Gasteiger partial charge in [-0.1, -0.05) is 42.5 Å². The SMILES string of the molecule is C[C@H](c1ccccc1)n1cnn(CN(C)Cc2ccc(N(C)C)cc2)c1=S. The van der Waals surface area contributed by atoms with Crippen LogP contribution in [0.3, 0.4) is 0 Å². The lowest BCUT2D eigenvalue weighted by molar-refractivity contribution is 0.243. The Morgan fingerprint density at radius 2 is 1.67 bits per heavy atom. The summed E-state index contributed by atoms with van der Waals surface area (Å²) in [4.78, 5) is 4.32. The summed E-state index contributed by atoms with van der Waals surface area (Å²) in [6.45, 7) is 3.65. The zero-order valence-corrected chi connectivity index (χ0v) is 17.2. The van der Waals surface area contributed by atoms with E-state index in [-0.39, 0.29) is 6.04 Å². The highest BCUT2D eigenvalue weighted by molar-refractivity contribution is 7.71. The molecule has 1 atom stereocenters. The first-order chi connectivity index (χ1) is 13.0. The normalized spacial score (nSPS) is 12.3. The highest BCUT2D eigenvalue weighted by atomic mass is 32.1. The van der Waals surface area contributed by atoms with Crippen LogP contribution in [-0.2, 0) is 13.2 Å². The van der Waals surface area contributed by atoms with Crippen molar-refractivity contribution < 1.29 is 0 Å². The lowest BCUT2D eigenvalue weighted by Crippen LogP contribution is -2.23. The summed E-state index contributed by atoms with van der Waals surface area (Å²) in [5.74, 6) is 0. The van der Waals surface area contributed by atoms with Gasteiger partial charge in [0.15, 0.2) is 4.77 Å². The fourth-order valence-electron chi connectivity index (χ4n) is 3.09.